The summed E-state index contributed by atoms with van der Waals surface area (Å²) in [6.45, 7) is 2.32. The third-order valence-corrected chi connectivity index (χ3v) is 7.14. The van der Waals surface area contributed by atoms with Crippen molar-refractivity contribution in [1.29, 1.82) is 0 Å². The first-order valence-corrected chi connectivity index (χ1v) is 10.6. The number of thioether (sulfide) groups is 1. The highest BCUT2D eigenvalue weighted by molar-refractivity contribution is 7.98. The third-order valence-electron chi connectivity index (χ3n) is 5.04. The van der Waals surface area contributed by atoms with Gasteiger partial charge in [-0.05, 0) is 43.6 Å². The summed E-state index contributed by atoms with van der Waals surface area (Å²) in [6, 6.07) is 0.581. The minimum atomic E-state index is 0.581. The fraction of sp³-hybridized carbons (Fsp3) is 0.529. The van der Waals surface area contributed by atoms with Crippen LogP contribution in [0.15, 0.2) is 11.5 Å². The van der Waals surface area contributed by atoms with Crippen molar-refractivity contribution in [3.8, 4) is 0 Å². The first-order chi connectivity index (χ1) is 12.2. The molecule has 8 heteroatoms. The molecule has 0 saturated heterocycles. The molecule has 0 radical (unpaired) electrons. The molecule has 0 amide bonds. The SMILES string of the molecule is CC1CCc2c(sc3nc(CSc4nncn4C4CC4)nc(N)c23)C1. The maximum Gasteiger partial charge on any atom is 0.191 e. The second-order valence-corrected chi connectivity index (χ2v) is 9.12. The van der Waals surface area contributed by atoms with E-state index in [1.54, 1.807) is 23.1 Å². The van der Waals surface area contributed by atoms with Crippen molar-refractivity contribution in [3.05, 3.63) is 22.6 Å². The third kappa shape index (κ3) is 2.81. The Labute approximate surface area is 154 Å². The molecule has 0 aromatic carbocycles. The Morgan fingerprint density at radius 3 is 3.04 bits per heavy atom. The zero-order chi connectivity index (χ0) is 17.0. The summed E-state index contributed by atoms with van der Waals surface area (Å²) in [5, 5.41) is 10.3. The number of nitrogens with two attached hydrogens (primary N) is 1. The predicted molar refractivity (Wildman–Crippen MR) is 101 cm³/mol. The minimum absolute atomic E-state index is 0.581. The highest BCUT2D eigenvalue weighted by Crippen LogP contribution is 2.40. The number of aryl methyl sites for hydroxylation is 1. The molecule has 2 aliphatic rings. The second-order valence-electron chi connectivity index (χ2n) is 7.10. The van der Waals surface area contributed by atoms with E-state index < -0.39 is 0 Å². The number of fused-ring (bicyclic) bond motifs is 3. The second kappa shape index (κ2) is 5.95. The molecule has 1 atom stereocenters. The summed E-state index contributed by atoms with van der Waals surface area (Å²) in [4.78, 5) is 11.9. The lowest BCUT2D eigenvalue weighted by Gasteiger charge is -2.17. The Kier molecular flexibility index (Phi) is 3.71. The van der Waals surface area contributed by atoms with Crippen molar-refractivity contribution in [2.45, 2.75) is 56.0 Å². The van der Waals surface area contributed by atoms with Crippen LogP contribution in [-0.2, 0) is 18.6 Å². The number of anilines is 1. The van der Waals surface area contributed by atoms with E-state index in [2.05, 4.69) is 26.7 Å². The van der Waals surface area contributed by atoms with E-state index in [9.17, 15) is 0 Å². The molecule has 3 aromatic rings. The van der Waals surface area contributed by atoms with E-state index in [-0.39, 0.29) is 0 Å². The maximum absolute atomic E-state index is 6.31. The van der Waals surface area contributed by atoms with Crippen LogP contribution < -0.4 is 5.73 Å². The van der Waals surface area contributed by atoms with Crippen LogP contribution >= 0.6 is 23.1 Å². The summed E-state index contributed by atoms with van der Waals surface area (Å²) in [7, 11) is 0. The van der Waals surface area contributed by atoms with Crippen molar-refractivity contribution in [3.63, 3.8) is 0 Å². The quantitative estimate of drug-likeness (QED) is 0.704. The number of hydrogen-bond acceptors (Lipinski definition) is 7. The van der Waals surface area contributed by atoms with E-state index in [4.69, 9.17) is 10.7 Å². The topological polar surface area (TPSA) is 82.5 Å². The van der Waals surface area contributed by atoms with Gasteiger partial charge in [-0.1, -0.05) is 18.7 Å². The summed E-state index contributed by atoms with van der Waals surface area (Å²) in [5.74, 6) is 2.84. The van der Waals surface area contributed by atoms with Gasteiger partial charge in [0.1, 0.15) is 22.8 Å². The molecule has 5 rings (SSSR count). The van der Waals surface area contributed by atoms with Crippen LogP contribution in [0, 0.1) is 5.92 Å². The number of nitrogen functional groups attached to an aromatic ring is 1. The van der Waals surface area contributed by atoms with Crippen molar-refractivity contribution in [2.75, 3.05) is 5.73 Å². The lowest BCUT2D eigenvalue weighted by atomic mass is 9.89. The molecule has 1 fully saturated rings. The molecule has 0 spiro atoms. The number of nitrogens with zero attached hydrogens (tertiary/aromatic N) is 5. The van der Waals surface area contributed by atoms with Crippen LogP contribution in [0.2, 0.25) is 0 Å². The van der Waals surface area contributed by atoms with Crippen molar-refractivity contribution in [1.82, 2.24) is 24.7 Å². The Morgan fingerprint density at radius 1 is 1.32 bits per heavy atom. The van der Waals surface area contributed by atoms with Crippen LogP contribution in [-0.4, -0.2) is 24.7 Å². The van der Waals surface area contributed by atoms with E-state index in [0.29, 0.717) is 17.6 Å². The first kappa shape index (κ1) is 15.6. The Balaban J connectivity index is 1.43. The standard InChI is InChI=1S/C17H20N6S2/c1-9-2-5-11-12(6-9)25-16-14(11)15(18)20-13(21-16)7-24-17-22-19-8-23(17)10-3-4-10/h8-10H,2-7H2,1H3,(H2,18,20,21). The van der Waals surface area contributed by atoms with E-state index in [1.807, 2.05) is 6.33 Å². The van der Waals surface area contributed by atoms with E-state index in [0.717, 1.165) is 40.0 Å². The fourth-order valence-corrected chi connectivity index (χ4v) is 5.80. The molecule has 1 unspecified atom stereocenters. The Morgan fingerprint density at radius 2 is 2.20 bits per heavy atom. The molecule has 130 valence electrons. The van der Waals surface area contributed by atoms with Gasteiger partial charge >= 0.3 is 0 Å². The average molecular weight is 373 g/mol. The van der Waals surface area contributed by atoms with Gasteiger partial charge in [-0.3, -0.25) is 0 Å². The van der Waals surface area contributed by atoms with Gasteiger partial charge in [0.25, 0.3) is 0 Å². The Hall–Kier alpha value is -1.67. The maximum atomic E-state index is 6.31. The van der Waals surface area contributed by atoms with Gasteiger partial charge < -0.3 is 10.3 Å². The highest BCUT2D eigenvalue weighted by Gasteiger charge is 2.27. The van der Waals surface area contributed by atoms with Crippen LogP contribution in [0.3, 0.4) is 0 Å². The van der Waals surface area contributed by atoms with Crippen LogP contribution in [0.5, 0.6) is 0 Å². The molecule has 1 saturated carbocycles. The molecule has 3 aromatic heterocycles. The van der Waals surface area contributed by atoms with Crippen molar-refractivity contribution < 1.29 is 0 Å². The van der Waals surface area contributed by atoms with Gasteiger partial charge in [-0.25, -0.2) is 9.97 Å². The molecular formula is C17H20N6S2. The van der Waals surface area contributed by atoms with Crippen LogP contribution in [0.25, 0.3) is 10.2 Å². The number of rotatable bonds is 4. The number of thiophene rings is 1. The average Bonchev–Trinajstić information content (AvgIpc) is 3.20. The lowest BCUT2D eigenvalue weighted by Crippen LogP contribution is -2.09. The van der Waals surface area contributed by atoms with E-state index in [1.165, 1.54) is 29.7 Å². The molecule has 2 aliphatic carbocycles. The highest BCUT2D eigenvalue weighted by atomic mass is 32.2. The van der Waals surface area contributed by atoms with Gasteiger partial charge in [-0.15, -0.1) is 21.5 Å². The fourth-order valence-electron chi connectivity index (χ4n) is 3.55. The zero-order valence-corrected chi connectivity index (χ0v) is 15.7. The lowest BCUT2D eigenvalue weighted by molar-refractivity contribution is 0.509. The summed E-state index contributed by atoms with van der Waals surface area (Å²) in [6.07, 6.45) is 7.74. The monoisotopic (exact) mass is 372 g/mol. The van der Waals surface area contributed by atoms with Crippen LogP contribution in [0.4, 0.5) is 5.82 Å². The molecule has 0 bridgehead atoms. The largest absolute Gasteiger partial charge is 0.383 e. The molecular weight excluding hydrogens is 352 g/mol. The van der Waals surface area contributed by atoms with E-state index >= 15 is 0 Å². The van der Waals surface area contributed by atoms with Crippen molar-refractivity contribution >= 4 is 39.1 Å². The van der Waals surface area contributed by atoms with Gasteiger partial charge in [0.2, 0.25) is 0 Å². The van der Waals surface area contributed by atoms with Gasteiger partial charge in [0.05, 0.1) is 11.1 Å². The summed E-state index contributed by atoms with van der Waals surface area (Å²) in [5.41, 5.74) is 7.70. The Bertz CT molecular complexity index is 942. The number of aromatic nitrogens is 5. The first-order valence-electron chi connectivity index (χ1n) is 8.78. The normalized spacial score (nSPS) is 20.1. The zero-order valence-electron chi connectivity index (χ0n) is 14.1. The van der Waals surface area contributed by atoms with Crippen molar-refractivity contribution in [2.24, 2.45) is 5.92 Å². The summed E-state index contributed by atoms with van der Waals surface area (Å²) < 4.78 is 2.16. The molecule has 25 heavy (non-hydrogen) atoms. The predicted octanol–water partition coefficient (Wildman–Crippen LogP) is 3.62. The van der Waals surface area contributed by atoms with Gasteiger partial charge in [-0.2, -0.15) is 0 Å². The molecule has 2 N–H and O–H groups in total. The van der Waals surface area contributed by atoms with Gasteiger partial charge in [0, 0.05) is 10.9 Å². The minimum Gasteiger partial charge on any atom is -0.383 e. The van der Waals surface area contributed by atoms with Crippen LogP contribution in [0.1, 0.15) is 48.5 Å². The molecule has 3 heterocycles. The van der Waals surface area contributed by atoms with Gasteiger partial charge in [0.15, 0.2) is 5.16 Å². The smallest absolute Gasteiger partial charge is 0.191 e. The summed E-state index contributed by atoms with van der Waals surface area (Å²) >= 11 is 3.44. The number of hydrogen-bond donors (Lipinski definition) is 1. The molecule has 6 nitrogen and oxygen atoms in total. The molecule has 0 aliphatic heterocycles.